The van der Waals surface area contributed by atoms with Gasteiger partial charge < -0.3 is 9.64 Å². The second kappa shape index (κ2) is 9.11. The van der Waals surface area contributed by atoms with E-state index in [0.717, 1.165) is 0 Å². The first kappa shape index (κ1) is 22.2. The molecule has 1 aromatic carbocycles. The number of carbonyl (C=O) groups excluding carboxylic acids is 2. The van der Waals surface area contributed by atoms with E-state index in [4.69, 9.17) is 16.3 Å². The van der Waals surface area contributed by atoms with Crippen molar-refractivity contribution < 1.29 is 22.7 Å². The molecule has 0 atom stereocenters. The van der Waals surface area contributed by atoms with E-state index < -0.39 is 16.0 Å². The predicted molar refractivity (Wildman–Crippen MR) is 111 cm³/mol. The number of carbonyl (C=O) groups is 2. The maximum absolute atomic E-state index is 12.8. The highest BCUT2D eigenvalue weighted by molar-refractivity contribution is 7.89. The fraction of sp³-hybridized carbons (Fsp3) is 0.350. The molecule has 0 spiro atoms. The standard InChI is InChI=1S/C20H22ClN3O5S/c1-3-29-20(26)17-7-8-18(22-14(17)2)19(25)23-9-11-24(12-10-23)30(27,28)16-6-4-5-15(21)13-16/h4-8,13H,3,9-12H2,1-2H3. The fourth-order valence-electron chi connectivity index (χ4n) is 3.17. The molecule has 1 aliphatic rings. The SMILES string of the molecule is CCOC(=O)c1ccc(C(=O)N2CCN(S(=O)(=O)c3cccc(Cl)c3)CC2)nc1C. The molecule has 1 amide bonds. The highest BCUT2D eigenvalue weighted by Gasteiger charge is 2.31. The van der Waals surface area contributed by atoms with Crippen LogP contribution in [-0.4, -0.2) is 67.3 Å². The molecule has 1 aromatic heterocycles. The number of sulfonamides is 1. The van der Waals surface area contributed by atoms with Gasteiger partial charge in [-0.25, -0.2) is 18.2 Å². The molecule has 1 saturated heterocycles. The minimum Gasteiger partial charge on any atom is -0.462 e. The van der Waals surface area contributed by atoms with Crippen LogP contribution in [0.2, 0.25) is 5.02 Å². The van der Waals surface area contributed by atoms with E-state index >= 15 is 0 Å². The molecule has 3 rings (SSSR count). The van der Waals surface area contributed by atoms with Crippen LogP contribution in [-0.2, 0) is 14.8 Å². The minimum atomic E-state index is -3.68. The number of benzene rings is 1. The van der Waals surface area contributed by atoms with E-state index in [0.29, 0.717) is 16.3 Å². The largest absolute Gasteiger partial charge is 0.462 e. The third-order valence-electron chi connectivity index (χ3n) is 4.76. The normalized spacial score (nSPS) is 15.1. The third kappa shape index (κ3) is 4.63. The minimum absolute atomic E-state index is 0.127. The molecule has 8 nitrogen and oxygen atoms in total. The van der Waals surface area contributed by atoms with Crippen molar-refractivity contribution in [3.05, 3.63) is 58.4 Å². The number of rotatable bonds is 5. The number of nitrogens with zero attached hydrogens (tertiary/aromatic N) is 3. The molecule has 0 N–H and O–H groups in total. The summed E-state index contributed by atoms with van der Waals surface area (Å²) < 4.78 is 31.9. The lowest BCUT2D eigenvalue weighted by atomic mass is 10.1. The average Bonchev–Trinajstić information content (AvgIpc) is 2.73. The lowest BCUT2D eigenvalue weighted by molar-refractivity contribution is 0.0523. The van der Waals surface area contributed by atoms with Crippen LogP contribution in [0.25, 0.3) is 0 Å². The summed E-state index contributed by atoms with van der Waals surface area (Å²) in [7, 11) is -3.68. The van der Waals surface area contributed by atoms with E-state index in [-0.39, 0.29) is 49.3 Å². The summed E-state index contributed by atoms with van der Waals surface area (Å²) in [5.41, 5.74) is 0.916. The number of hydrogen-bond donors (Lipinski definition) is 0. The number of ether oxygens (including phenoxy) is 1. The molecule has 2 aromatic rings. The number of aryl methyl sites for hydroxylation is 1. The van der Waals surface area contributed by atoms with Crippen LogP contribution in [0.3, 0.4) is 0 Å². The van der Waals surface area contributed by atoms with Crippen molar-refractivity contribution in [3.8, 4) is 0 Å². The van der Waals surface area contributed by atoms with Crippen LogP contribution in [0.5, 0.6) is 0 Å². The van der Waals surface area contributed by atoms with Crippen LogP contribution in [0, 0.1) is 6.92 Å². The molecule has 1 fully saturated rings. The first-order valence-corrected chi connectivity index (χ1v) is 11.3. The highest BCUT2D eigenvalue weighted by atomic mass is 35.5. The highest BCUT2D eigenvalue weighted by Crippen LogP contribution is 2.21. The van der Waals surface area contributed by atoms with Crippen molar-refractivity contribution in [2.24, 2.45) is 0 Å². The van der Waals surface area contributed by atoms with Gasteiger partial charge >= 0.3 is 5.97 Å². The smallest absolute Gasteiger partial charge is 0.339 e. The van der Waals surface area contributed by atoms with Gasteiger partial charge in [0, 0.05) is 31.2 Å². The fourth-order valence-corrected chi connectivity index (χ4v) is 4.90. The first-order valence-electron chi connectivity index (χ1n) is 9.43. The second-order valence-electron chi connectivity index (χ2n) is 6.70. The van der Waals surface area contributed by atoms with E-state index in [9.17, 15) is 18.0 Å². The number of aromatic nitrogens is 1. The van der Waals surface area contributed by atoms with Crippen LogP contribution < -0.4 is 0 Å². The molecule has 30 heavy (non-hydrogen) atoms. The molecule has 10 heteroatoms. The van der Waals surface area contributed by atoms with E-state index in [1.807, 2.05) is 0 Å². The number of pyridine rings is 1. The number of amides is 1. The summed E-state index contributed by atoms with van der Waals surface area (Å²) >= 11 is 5.91. The zero-order chi connectivity index (χ0) is 21.9. The second-order valence-corrected chi connectivity index (χ2v) is 9.08. The Morgan fingerprint density at radius 1 is 1.13 bits per heavy atom. The zero-order valence-electron chi connectivity index (χ0n) is 16.7. The van der Waals surface area contributed by atoms with Crippen molar-refractivity contribution in [2.75, 3.05) is 32.8 Å². The van der Waals surface area contributed by atoms with Crippen molar-refractivity contribution in [2.45, 2.75) is 18.7 Å². The predicted octanol–water partition coefficient (Wildman–Crippen LogP) is 2.37. The molecule has 0 radical (unpaired) electrons. The average molecular weight is 452 g/mol. The zero-order valence-corrected chi connectivity index (χ0v) is 18.2. The molecular formula is C20H22ClN3O5S. The molecule has 0 aliphatic carbocycles. The number of piperazine rings is 1. The van der Waals surface area contributed by atoms with Gasteiger partial charge in [0.1, 0.15) is 5.69 Å². The molecule has 0 saturated carbocycles. The van der Waals surface area contributed by atoms with Gasteiger partial charge in [-0.05, 0) is 44.2 Å². The van der Waals surface area contributed by atoms with Crippen LogP contribution in [0.1, 0.15) is 33.5 Å². The molecule has 0 bridgehead atoms. The van der Waals surface area contributed by atoms with Gasteiger partial charge in [0.2, 0.25) is 10.0 Å². The Morgan fingerprint density at radius 3 is 2.43 bits per heavy atom. The van der Waals surface area contributed by atoms with Crippen molar-refractivity contribution in [1.82, 2.24) is 14.2 Å². The van der Waals surface area contributed by atoms with E-state index in [1.54, 1.807) is 30.9 Å². The quantitative estimate of drug-likeness (QED) is 0.647. The maximum atomic E-state index is 12.8. The Bertz CT molecular complexity index is 1070. The Morgan fingerprint density at radius 2 is 1.83 bits per heavy atom. The Balaban J connectivity index is 1.68. The maximum Gasteiger partial charge on any atom is 0.339 e. The van der Waals surface area contributed by atoms with Gasteiger partial charge in [0.15, 0.2) is 0 Å². The van der Waals surface area contributed by atoms with Crippen molar-refractivity contribution in [3.63, 3.8) is 0 Å². The Kier molecular flexibility index (Phi) is 6.74. The summed E-state index contributed by atoms with van der Waals surface area (Å²) in [5.74, 6) is -0.797. The van der Waals surface area contributed by atoms with Gasteiger partial charge in [-0.3, -0.25) is 4.79 Å². The monoisotopic (exact) mass is 451 g/mol. The molecule has 160 valence electrons. The van der Waals surface area contributed by atoms with Crippen LogP contribution in [0.15, 0.2) is 41.3 Å². The lowest BCUT2D eigenvalue weighted by Crippen LogP contribution is -2.50. The van der Waals surface area contributed by atoms with Gasteiger partial charge in [-0.15, -0.1) is 0 Å². The Labute approximate surface area is 180 Å². The summed E-state index contributed by atoms with van der Waals surface area (Å²) in [5, 5.41) is 0.345. The summed E-state index contributed by atoms with van der Waals surface area (Å²) in [6.45, 7) is 4.41. The summed E-state index contributed by atoms with van der Waals surface area (Å²) in [6, 6.07) is 9.11. The van der Waals surface area contributed by atoms with Crippen molar-refractivity contribution in [1.29, 1.82) is 0 Å². The number of esters is 1. The van der Waals surface area contributed by atoms with E-state index in [2.05, 4.69) is 4.98 Å². The molecule has 1 aliphatic heterocycles. The van der Waals surface area contributed by atoms with Gasteiger partial charge in [-0.2, -0.15) is 4.31 Å². The van der Waals surface area contributed by atoms with Crippen LogP contribution in [0.4, 0.5) is 0 Å². The van der Waals surface area contributed by atoms with Gasteiger partial charge in [0.25, 0.3) is 5.91 Å². The molecule has 2 heterocycles. The molecule has 0 unspecified atom stereocenters. The number of hydrogen-bond acceptors (Lipinski definition) is 6. The van der Waals surface area contributed by atoms with E-state index in [1.165, 1.54) is 28.6 Å². The number of halogens is 1. The lowest BCUT2D eigenvalue weighted by Gasteiger charge is -2.33. The van der Waals surface area contributed by atoms with Crippen LogP contribution >= 0.6 is 11.6 Å². The third-order valence-corrected chi connectivity index (χ3v) is 6.89. The Hall–Kier alpha value is -2.49. The van der Waals surface area contributed by atoms with Gasteiger partial charge in [0.05, 0.1) is 22.8 Å². The van der Waals surface area contributed by atoms with Gasteiger partial charge in [-0.1, -0.05) is 17.7 Å². The summed E-state index contributed by atoms with van der Waals surface area (Å²) in [4.78, 5) is 30.6. The van der Waals surface area contributed by atoms with Crippen molar-refractivity contribution >= 4 is 33.5 Å². The topological polar surface area (TPSA) is 96.9 Å². The molecular weight excluding hydrogens is 430 g/mol. The first-order chi connectivity index (χ1) is 14.2. The summed E-state index contributed by atoms with van der Waals surface area (Å²) in [6.07, 6.45) is 0.